The van der Waals surface area contributed by atoms with E-state index in [0.29, 0.717) is 5.02 Å². The van der Waals surface area contributed by atoms with Crippen LogP contribution in [-0.2, 0) is 19.7 Å². The van der Waals surface area contributed by atoms with Gasteiger partial charge in [-0.2, -0.15) is 0 Å². The molecule has 206 valence electrons. The van der Waals surface area contributed by atoms with Crippen molar-refractivity contribution in [3.05, 3.63) is 113 Å². The molecule has 1 aromatic heterocycles. The Kier molecular flexibility index (Phi) is 7.28. The Hall–Kier alpha value is -4.13. The number of benzene rings is 4. The molecule has 1 atom stereocenters. The Morgan fingerprint density at radius 2 is 1.46 bits per heavy atom. The summed E-state index contributed by atoms with van der Waals surface area (Å²) >= 11 is 7.93. The highest BCUT2D eigenvalue weighted by Crippen LogP contribution is 2.49. The second-order valence-corrected chi connectivity index (χ2v) is 11.7. The van der Waals surface area contributed by atoms with E-state index in [1.807, 2.05) is 54.6 Å². The number of hydrogen-bond acceptors (Lipinski definition) is 5. The maximum absolute atomic E-state index is 13.0. The Labute approximate surface area is 247 Å². The summed E-state index contributed by atoms with van der Waals surface area (Å²) in [7, 11) is 1.44. The zero-order valence-electron chi connectivity index (χ0n) is 22.6. The van der Waals surface area contributed by atoms with Gasteiger partial charge in [-0.15, -0.1) is 11.3 Å². The molecule has 5 nitrogen and oxygen atoms in total. The third-order valence-corrected chi connectivity index (χ3v) is 9.26. The molecule has 0 radical (unpaired) electrons. The molecule has 1 heterocycles. The average molecular weight is 582 g/mol. The van der Waals surface area contributed by atoms with Gasteiger partial charge in [-0.05, 0) is 54.2 Å². The van der Waals surface area contributed by atoms with Crippen molar-refractivity contribution in [1.29, 1.82) is 0 Å². The normalized spacial score (nSPS) is 14.3. The highest BCUT2D eigenvalue weighted by Gasteiger charge is 2.52. The van der Waals surface area contributed by atoms with Gasteiger partial charge in [0.25, 0.3) is 0 Å². The van der Waals surface area contributed by atoms with Gasteiger partial charge in [0.1, 0.15) is 6.10 Å². The zero-order valence-corrected chi connectivity index (χ0v) is 24.2. The molecule has 1 aliphatic rings. The van der Waals surface area contributed by atoms with E-state index < -0.39 is 17.6 Å². The fourth-order valence-electron chi connectivity index (χ4n) is 5.26. The van der Waals surface area contributed by atoms with Crippen LogP contribution in [-0.4, -0.2) is 19.2 Å². The summed E-state index contributed by atoms with van der Waals surface area (Å²) < 4.78 is 11.8. The fraction of sp³-hybridized carbons (Fsp3) is 0.176. The first-order valence-electron chi connectivity index (χ1n) is 13.4. The minimum absolute atomic E-state index is 0.162. The number of thiophene rings is 1. The Balaban J connectivity index is 1.25. The second-order valence-electron chi connectivity index (χ2n) is 10.2. The molecule has 0 bridgehead atoms. The number of hydrogen-bond donors (Lipinski definition) is 1. The molecule has 0 saturated heterocycles. The molecular formula is C34H28ClNO4S. The minimum Gasteiger partial charge on any atom is -0.468 e. The van der Waals surface area contributed by atoms with Gasteiger partial charge in [-0.1, -0.05) is 96.5 Å². The van der Waals surface area contributed by atoms with E-state index in [4.69, 9.17) is 21.1 Å². The fourth-order valence-corrected chi connectivity index (χ4v) is 6.71. The van der Waals surface area contributed by atoms with E-state index in [1.165, 1.54) is 7.11 Å². The van der Waals surface area contributed by atoms with Gasteiger partial charge in [-0.3, -0.25) is 10.1 Å². The monoisotopic (exact) mass is 581 g/mol. The van der Waals surface area contributed by atoms with Crippen molar-refractivity contribution in [2.45, 2.75) is 31.3 Å². The summed E-state index contributed by atoms with van der Waals surface area (Å²) in [6.45, 7) is 1.80. The molecule has 0 aliphatic heterocycles. The van der Waals surface area contributed by atoms with Gasteiger partial charge in [0.15, 0.2) is 0 Å². The Morgan fingerprint density at radius 3 is 2.12 bits per heavy atom. The van der Waals surface area contributed by atoms with Crippen LogP contribution in [0, 0.1) is 0 Å². The molecule has 4 aromatic carbocycles. The SMILES string of the molecule is COC(=O)C1(c2ccc(-c3ccc(-c4sc5ccccc5c4NC(=O)OC(C)c4ccccc4Cl)cc3)cc2)CC1. The van der Waals surface area contributed by atoms with Gasteiger partial charge in [0.2, 0.25) is 0 Å². The van der Waals surface area contributed by atoms with E-state index in [-0.39, 0.29) is 5.97 Å². The molecule has 5 aromatic rings. The number of nitrogens with one attached hydrogen (secondary N) is 1. The van der Waals surface area contributed by atoms with Crippen LogP contribution in [0.15, 0.2) is 97.1 Å². The van der Waals surface area contributed by atoms with E-state index in [9.17, 15) is 9.59 Å². The van der Waals surface area contributed by atoms with Crippen molar-refractivity contribution in [3.63, 3.8) is 0 Å². The van der Waals surface area contributed by atoms with Crippen molar-refractivity contribution in [3.8, 4) is 21.6 Å². The number of esters is 1. The first kappa shape index (κ1) is 27.1. The highest BCUT2D eigenvalue weighted by atomic mass is 35.5. The third-order valence-electron chi connectivity index (χ3n) is 7.69. The number of rotatable bonds is 7. The van der Waals surface area contributed by atoms with E-state index in [1.54, 1.807) is 24.3 Å². The number of anilines is 1. The zero-order chi connectivity index (χ0) is 28.6. The van der Waals surface area contributed by atoms with Gasteiger partial charge in [0.05, 0.1) is 23.1 Å². The molecule has 0 spiro atoms. The van der Waals surface area contributed by atoms with Crippen molar-refractivity contribution in [1.82, 2.24) is 0 Å². The number of carbonyl (C=O) groups is 2. The molecule has 1 aliphatic carbocycles. The summed E-state index contributed by atoms with van der Waals surface area (Å²) in [5.74, 6) is -0.162. The summed E-state index contributed by atoms with van der Waals surface area (Å²) in [5.41, 5.74) is 5.11. The minimum atomic E-state index is -0.542. The van der Waals surface area contributed by atoms with Crippen LogP contribution in [0.2, 0.25) is 5.02 Å². The number of fused-ring (bicyclic) bond motifs is 1. The highest BCUT2D eigenvalue weighted by molar-refractivity contribution is 7.23. The molecule has 1 unspecified atom stereocenters. The molecule has 41 heavy (non-hydrogen) atoms. The van der Waals surface area contributed by atoms with Crippen LogP contribution in [0.4, 0.5) is 10.5 Å². The van der Waals surface area contributed by atoms with E-state index in [2.05, 4.69) is 41.7 Å². The summed E-state index contributed by atoms with van der Waals surface area (Å²) in [6, 6.07) is 31.8. The lowest BCUT2D eigenvalue weighted by molar-refractivity contribution is -0.143. The molecule has 1 amide bonds. The number of carbonyl (C=O) groups excluding carboxylic acids is 2. The van der Waals surface area contributed by atoms with Crippen molar-refractivity contribution >= 4 is 50.8 Å². The number of amides is 1. The number of methoxy groups -OCH3 is 1. The molecule has 1 fully saturated rings. The van der Waals surface area contributed by atoms with Crippen molar-refractivity contribution < 1.29 is 19.1 Å². The lowest BCUT2D eigenvalue weighted by atomic mass is 9.93. The van der Waals surface area contributed by atoms with Gasteiger partial charge in [-0.25, -0.2) is 4.79 Å². The van der Waals surface area contributed by atoms with E-state index in [0.717, 1.165) is 61.3 Å². The predicted octanol–water partition coefficient (Wildman–Crippen LogP) is 9.40. The molecular weight excluding hydrogens is 554 g/mol. The van der Waals surface area contributed by atoms with Gasteiger partial charge in [0, 0.05) is 20.7 Å². The third kappa shape index (κ3) is 5.21. The van der Waals surface area contributed by atoms with Crippen LogP contribution in [0.5, 0.6) is 0 Å². The van der Waals surface area contributed by atoms with Crippen molar-refractivity contribution in [2.24, 2.45) is 0 Å². The smallest absolute Gasteiger partial charge is 0.412 e. The first-order chi connectivity index (χ1) is 19.9. The topological polar surface area (TPSA) is 64.6 Å². The van der Waals surface area contributed by atoms with Crippen molar-refractivity contribution in [2.75, 3.05) is 12.4 Å². The van der Waals surface area contributed by atoms with E-state index >= 15 is 0 Å². The van der Waals surface area contributed by atoms with Crippen LogP contribution in [0.1, 0.15) is 37.0 Å². The largest absolute Gasteiger partial charge is 0.468 e. The number of ether oxygens (including phenoxy) is 2. The average Bonchev–Trinajstić information content (AvgIpc) is 3.74. The summed E-state index contributed by atoms with van der Waals surface area (Å²) in [5, 5.41) is 4.52. The van der Waals surface area contributed by atoms with Crippen LogP contribution in [0.25, 0.3) is 31.7 Å². The van der Waals surface area contributed by atoms with Crippen LogP contribution in [0.3, 0.4) is 0 Å². The number of halogens is 1. The quantitative estimate of drug-likeness (QED) is 0.194. The second kappa shape index (κ2) is 11.0. The molecule has 1 saturated carbocycles. The molecule has 6 rings (SSSR count). The lowest BCUT2D eigenvalue weighted by Gasteiger charge is -2.16. The van der Waals surface area contributed by atoms with Crippen LogP contribution >= 0.6 is 22.9 Å². The Bertz CT molecular complexity index is 1740. The first-order valence-corrected chi connectivity index (χ1v) is 14.6. The summed E-state index contributed by atoms with van der Waals surface area (Å²) in [4.78, 5) is 26.2. The van der Waals surface area contributed by atoms with Gasteiger partial charge >= 0.3 is 12.1 Å². The Morgan fingerprint density at radius 1 is 0.854 bits per heavy atom. The predicted molar refractivity (Wildman–Crippen MR) is 166 cm³/mol. The molecule has 7 heteroatoms. The lowest BCUT2D eigenvalue weighted by Crippen LogP contribution is -2.21. The maximum Gasteiger partial charge on any atom is 0.412 e. The maximum atomic E-state index is 13.0. The van der Waals surface area contributed by atoms with Crippen LogP contribution < -0.4 is 5.32 Å². The standard InChI is InChI=1S/C34H28ClNO4S/c1-21(26-7-3-5-9-28(26)35)40-33(38)36-30-27-8-4-6-10-29(27)41-31(30)24-13-11-22(12-14-24)23-15-17-25(18-16-23)34(19-20-34)32(37)39-2/h3-18,21H,19-20H2,1-2H3,(H,36,38). The molecule has 1 N–H and O–H groups in total. The van der Waals surface area contributed by atoms with Gasteiger partial charge < -0.3 is 9.47 Å². The summed E-state index contributed by atoms with van der Waals surface area (Å²) in [6.07, 6.45) is 0.599.